The van der Waals surface area contributed by atoms with E-state index < -0.39 is 0 Å². The molecule has 0 aliphatic carbocycles. The number of furan rings is 2. The molecular formula is C25H30BrNO3. The molecule has 2 aromatic heterocycles. The molecule has 0 fully saturated rings. The summed E-state index contributed by atoms with van der Waals surface area (Å²) in [6.07, 6.45) is 0. The SMILES string of the molecule is CNC(=O)c1cc(Br)ccc1C(c1ccc(C(C)(C)C)o1)c1ccc(C(C)(C)C)o1. The van der Waals surface area contributed by atoms with Crippen molar-refractivity contribution in [3.05, 3.63) is 81.1 Å². The van der Waals surface area contributed by atoms with Crippen LogP contribution in [0.25, 0.3) is 0 Å². The second kappa shape index (κ2) is 8.10. The molecule has 1 aromatic carbocycles. The fourth-order valence-electron chi connectivity index (χ4n) is 3.38. The molecule has 2 heterocycles. The van der Waals surface area contributed by atoms with Crippen molar-refractivity contribution in [1.29, 1.82) is 0 Å². The maximum absolute atomic E-state index is 12.7. The van der Waals surface area contributed by atoms with Crippen LogP contribution in [0.15, 0.2) is 55.8 Å². The van der Waals surface area contributed by atoms with Gasteiger partial charge in [0.25, 0.3) is 5.91 Å². The van der Waals surface area contributed by atoms with Crippen LogP contribution < -0.4 is 5.32 Å². The first-order valence-electron chi connectivity index (χ1n) is 10.1. The van der Waals surface area contributed by atoms with E-state index in [9.17, 15) is 4.79 Å². The number of carbonyl (C=O) groups excluding carboxylic acids is 1. The Bertz CT molecular complexity index is 995. The van der Waals surface area contributed by atoms with Crippen molar-refractivity contribution in [2.24, 2.45) is 0 Å². The summed E-state index contributed by atoms with van der Waals surface area (Å²) in [5.41, 5.74) is 1.18. The highest BCUT2D eigenvalue weighted by atomic mass is 79.9. The fraction of sp³-hybridized carbons (Fsp3) is 0.400. The first-order valence-corrected chi connectivity index (χ1v) is 10.9. The number of rotatable bonds is 4. The Morgan fingerprint density at radius 1 is 0.867 bits per heavy atom. The van der Waals surface area contributed by atoms with E-state index >= 15 is 0 Å². The summed E-state index contributed by atoms with van der Waals surface area (Å²) in [5, 5.41) is 2.74. The number of amides is 1. The van der Waals surface area contributed by atoms with Gasteiger partial charge in [-0.05, 0) is 42.0 Å². The van der Waals surface area contributed by atoms with Gasteiger partial charge in [0.15, 0.2) is 0 Å². The first-order chi connectivity index (χ1) is 13.9. The molecule has 1 amide bonds. The van der Waals surface area contributed by atoms with Crippen LogP contribution in [0.2, 0.25) is 0 Å². The lowest BCUT2D eigenvalue weighted by molar-refractivity contribution is 0.0962. The predicted molar refractivity (Wildman–Crippen MR) is 123 cm³/mol. The van der Waals surface area contributed by atoms with E-state index in [1.165, 1.54) is 0 Å². The molecule has 0 saturated heterocycles. The summed E-state index contributed by atoms with van der Waals surface area (Å²) in [5.74, 6) is 2.80. The minimum Gasteiger partial charge on any atom is -0.464 e. The van der Waals surface area contributed by atoms with Gasteiger partial charge in [0.2, 0.25) is 0 Å². The smallest absolute Gasteiger partial charge is 0.251 e. The van der Waals surface area contributed by atoms with Gasteiger partial charge in [0.1, 0.15) is 29.0 Å². The quantitative estimate of drug-likeness (QED) is 0.456. The van der Waals surface area contributed by atoms with E-state index in [1.807, 2.05) is 42.5 Å². The lowest BCUT2D eigenvalue weighted by atomic mass is 9.89. The second-order valence-electron chi connectivity index (χ2n) is 9.65. The first kappa shape index (κ1) is 22.4. The van der Waals surface area contributed by atoms with E-state index in [1.54, 1.807) is 7.05 Å². The van der Waals surface area contributed by atoms with Gasteiger partial charge >= 0.3 is 0 Å². The lowest BCUT2D eigenvalue weighted by Gasteiger charge is -2.20. The third-order valence-electron chi connectivity index (χ3n) is 5.10. The zero-order valence-electron chi connectivity index (χ0n) is 18.7. The largest absolute Gasteiger partial charge is 0.464 e. The Labute approximate surface area is 187 Å². The molecule has 0 atom stereocenters. The van der Waals surface area contributed by atoms with Crippen molar-refractivity contribution in [1.82, 2.24) is 5.32 Å². The maximum Gasteiger partial charge on any atom is 0.251 e. The zero-order chi connectivity index (χ0) is 22.3. The molecule has 4 nitrogen and oxygen atoms in total. The van der Waals surface area contributed by atoms with Gasteiger partial charge in [0, 0.05) is 27.9 Å². The Balaban J connectivity index is 2.23. The van der Waals surface area contributed by atoms with E-state index in [-0.39, 0.29) is 22.7 Å². The third-order valence-corrected chi connectivity index (χ3v) is 5.59. The maximum atomic E-state index is 12.7. The van der Waals surface area contributed by atoms with Crippen molar-refractivity contribution in [3.8, 4) is 0 Å². The summed E-state index contributed by atoms with van der Waals surface area (Å²) in [6.45, 7) is 12.7. The van der Waals surface area contributed by atoms with Gasteiger partial charge in [0.05, 0.1) is 0 Å². The van der Waals surface area contributed by atoms with E-state index in [0.29, 0.717) is 5.56 Å². The number of hydrogen-bond donors (Lipinski definition) is 1. The molecule has 0 aliphatic heterocycles. The van der Waals surface area contributed by atoms with Crippen molar-refractivity contribution < 1.29 is 13.6 Å². The van der Waals surface area contributed by atoms with Crippen LogP contribution in [0, 0.1) is 0 Å². The predicted octanol–water partition coefficient (Wildman–Crippen LogP) is 6.77. The molecule has 0 aliphatic rings. The van der Waals surface area contributed by atoms with Crippen molar-refractivity contribution >= 4 is 21.8 Å². The molecular weight excluding hydrogens is 442 g/mol. The molecule has 30 heavy (non-hydrogen) atoms. The molecule has 1 N–H and O–H groups in total. The summed E-state index contributed by atoms with van der Waals surface area (Å²) >= 11 is 3.49. The zero-order valence-corrected chi connectivity index (χ0v) is 20.3. The van der Waals surface area contributed by atoms with Crippen molar-refractivity contribution in [2.45, 2.75) is 58.3 Å². The molecule has 0 bridgehead atoms. The molecule has 5 heteroatoms. The Hall–Kier alpha value is -2.27. The second-order valence-corrected chi connectivity index (χ2v) is 10.6. The molecule has 0 saturated carbocycles. The molecule has 160 valence electrons. The van der Waals surface area contributed by atoms with Crippen LogP contribution in [-0.4, -0.2) is 13.0 Å². The summed E-state index contributed by atoms with van der Waals surface area (Å²) < 4.78 is 13.5. The summed E-state index contributed by atoms with van der Waals surface area (Å²) in [6, 6.07) is 13.7. The van der Waals surface area contributed by atoms with Crippen LogP contribution in [0.1, 0.15) is 86.4 Å². The van der Waals surface area contributed by atoms with Crippen LogP contribution in [0.3, 0.4) is 0 Å². The highest BCUT2D eigenvalue weighted by molar-refractivity contribution is 9.10. The molecule has 0 radical (unpaired) electrons. The van der Waals surface area contributed by atoms with Crippen LogP contribution in [-0.2, 0) is 10.8 Å². The standard InChI is InChI=1S/C25H30BrNO3/c1-24(2,3)20-12-10-18(29-20)22(19-11-13-21(30-19)25(4,5)6)16-9-8-15(26)14-17(16)23(28)27-7/h8-14,22H,1-7H3,(H,27,28). The fourth-order valence-corrected chi connectivity index (χ4v) is 3.74. The highest BCUT2D eigenvalue weighted by Crippen LogP contribution is 2.39. The van der Waals surface area contributed by atoms with Gasteiger partial charge < -0.3 is 14.2 Å². The highest BCUT2D eigenvalue weighted by Gasteiger charge is 2.31. The molecule has 3 rings (SSSR count). The monoisotopic (exact) mass is 471 g/mol. The number of benzene rings is 1. The van der Waals surface area contributed by atoms with Gasteiger partial charge in [-0.2, -0.15) is 0 Å². The molecule has 0 spiro atoms. The normalized spacial score (nSPS) is 12.4. The number of hydrogen-bond acceptors (Lipinski definition) is 3. The average Bonchev–Trinajstić information content (AvgIpc) is 3.32. The van der Waals surface area contributed by atoms with Crippen LogP contribution in [0.4, 0.5) is 0 Å². The minimum absolute atomic E-state index is 0.119. The van der Waals surface area contributed by atoms with Gasteiger partial charge in [-0.15, -0.1) is 0 Å². The average molecular weight is 472 g/mol. The Morgan fingerprint density at radius 2 is 1.37 bits per heavy atom. The Morgan fingerprint density at radius 3 is 1.77 bits per heavy atom. The van der Waals surface area contributed by atoms with E-state index in [4.69, 9.17) is 8.83 Å². The van der Waals surface area contributed by atoms with E-state index in [0.717, 1.165) is 33.1 Å². The lowest BCUT2D eigenvalue weighted by Crippen LogP contribution is -2.21. The van der Waals surface area contributed by atoms with Crippen LogP contribution in [0.5, 0.6) is 0 Å². The topological polar surface area (TPSA) is 55.4 Å². The van der Waals surface area contributed by atoms with Crippen molar-refractivity contribution in [3.63, 3.8) is 0 Å². The number of halogens is 1. The van der Waals surface area contributed by atoms with Gasteiger partial charge in [-0.25, -0.2) is 0 Å². The van der Waals surface area contributed by atoms with Crippen molar-refractivity contribution in [2.75, 3.05) is 7.05 Å². The van der Waals surface area contributed by atoms with E-state index in [2.05, 4.69) is 62.8 Å². The minimum atomic E-state index is -0.336. The number of carbonyl (C=O) groups is 1. The summed E-state index contributed by atoms with van der Waals surface area (Å²) in [7, 11) is 1.64. The summed E-state index contributed by atoms with van der Waals surface area (Å²) in [4.78, 5) is 12.7. The third kappa shape index (κ3) is 4.56. The number of nitrogens with one attached hydrogen (secondary N) is 1. The van der Waals surface area contributed by atoms with Gasteiger partial charge in [-0.1, -0.05) is 63.5 Å². The Kier molecular flexibility index (Phi) is 6.06. The van der Waals surface area contributed by atoms with Crippen LogP contribution >= 0.6 is 15.9 Å². The molecule has 0 unspecified atom stereocenters. The van der Waals surface area contributed by atoms with Gasteiger partial charge in [-0.3, -0.25) is 4.79 Å². The molecule has 3 aromatic rings.